The number of carbonyl (C=O) groups excluding carboxylic acids is 2. The van der Waals surface area contributed by atoms with E-state index in [0.717, 1.165) is 30.4 Å². The van der Waals surface area contributed by atoms with Crippen molar-refractivity contribution in [2.45, 2.75) is 39.0 Å². The van der Waals surface area contributed by atoms with Crippen molar-refractivity contribution in [3.8, 4) is 0 Å². The highest BCUT2D eigenvalue weighted by Crippen LogP contribution is 2.24. The molecule has 90 valence electrons. The van der Waals surface area contributed by atoms with Gasteiger partial charge < -0.3 is 0 Å². The molecule has 1 unspecified atom stereocenters. The minimum Gasteiger partial charge on any atom is -0.299 e. The summed E-state index contributed by atoms with van der Waals surface area (Å²) in [6.07, 6.45) is 4.01. The van der Waals surface area contributed by atoms with Crippen molar-refractivity contribution in [2.75, 3.05) is 0 Å². The van der Waals surface area contributed by atoms with Gasteiger partial charge >= 0.3 is 0 Å². The van der Waals surface area contributed by atoms with Crippen LogP contribution in [0.4, 0.5) is 0 Å². The fraction of sp³-hybridized carbons (Fsp3) is 0.467. The first-order chi connectivity index (χ1) is 8.16. The molecule has 1 aromatic rings. The lowest BCUT2D eigenvalue weighted by molar-refractivity contribution is -0.124. The quantitative estimate of drug-likeness (QED) is 0.746. The molecule has 0 aliphatic heterocycles. The van der Waals surface area contributed by atoms with E-state index in [1.807, 2.05) is 31.2 Å². The molecule has 1 aliphatic carbocycles. The predicted octanol–water partition coefficient (Wildman–Crippen LogP) is 3.33. The van der Waals surface area contributed by atoms with E-state index in [0.29, 0.717) is 12.8 Å². The van der Waals surface area contributed by atoms with Crippen LogP contribution in [0.5, 0.6) is 0 Å². The van der Waals surface area contributed by atoms with Crippen LogP contribution >= 0.6 is 0 Å². The number of hydrogen-bond donors (Lipinski definition) is 0. The molecule has 0 saturated heterocycles. The summed E-state index contributed by atoms with van der Waals surface area (Å²) in [7, 11) is 0. The van der Waals surface area contributed by atoms with E-state index in [4.69, 9.17) is 0 Å². The topological polar surface area (TPSA) is 34.1 Å². The molecule has 1 atom stereocenters. The first-order valence-corrected chi connectivity index (χ1v) is 6.29. The third-order valence-corrected chi connectivity index (χ3v) is 3.49. The Bertz CT molecular complexity index is 417. The molecule has 0 heterocycles. The standard InChI is InChI=1S/C15H18O2/c1-11-6-8-12(9-7-11)15(17)10-13-4-2-3-5-14(13)16/h6-9,13H,2-5,10H2,1H3. The molecule has 1 aromatic carbocycles. The van der Waals surface area contributed by atoms with Gasteiger partial charge in [-0.25, -0.2) is 0 Å². The molecule has 0 bridgehead atoms. The van der Waals surface area contributed by atoms with Gasteiger partial charge in [0, 0.05) is 24.3 Å². The molecule has 2 nitrogen and oxygen atoms in total. The lowest BCUT2D eigenvalue weighted by Crippen LogP contribution is -2.22. The Kier molecular flexibility index (Phi) is 3.72. The van der Waals surface area contributed by atoms with Crippen LogP contribution in [0.25, 0.3) is 0 Å². The summed E-state index contributed by atoms with van der Waals surface area (Å²) in [5.74, 6) is 0.347. The number of hydrogen-bond acceptors (Lipinski definition) is 2. The number of Topliss-reactive ketones (excluding diaryl/α,β-unsaturated/α-hetero) is 2. The van der Waals surface area contributed by atoms with Crippen molar-refractivity contribution >= 4 is 11.6 Å². The van der Waals surface area contributed by atoms with Crippen molar-refractivity contribution in [3.63, 3.8) is 0 Å². The molecule has 17 heavy (non-hydrogen) atoms. The molecule has 2 heteroatoms. The number of carbonyl (C=O) groups is 2. The Morgan fingerprint density at radius 3 is 2.59 bits per heavy atom. The maximum atomic E-state index is 12.0. The number of aryl methyl sites for hydroxylation is 1. The zero-order valence-corrected chi connectivity index (χ0v) is 10.2. The molecule has 0 N–H and O–H groups in total. The van der Waals surface area contributed by atoms with E-state index in [1.165, 1.54) is 0 Å². The Balaban J connectivity index is 2.01. The van der Waals surface area contributed by atoms with E-state index in [-0.39, 0.29) is 17.5 Å². The summed E-state index contributed by atoms with van der Waals surface area (Å²) in [6.45, 7) is 2.00. The first-order valence-electron chi connectivity index (χ1n) is 6.29. The van der Waals surface area contributed by atoms with Crippen LogP contribution in [0.2, 0.25) is 0 Å². The monoisotopic (exact) mass is 230 g/mol. The van der Waals surface area contributed by atoms with Crippen LogP contribution in [-0.2, 0) is 4.79 Å². The Labute approximate surface area is 102 Å². The van der Waals surface area contributed by atoms with E-state index < -0.39 is 0 Å². The van der Waals surface area contributed by atoms with Crippen LogP contribution in [0.1, 0.15) is 48.0 Å². The predicted molar refractivity (Wildman–Crippen MR) is 67.1 cm³/mol. The molecule has 1 aliphatic rings. The van der Waals surface area contributed by atoms with Crippen LogP contribution < -0.4 is 0 Å². The second-order valence-electron chi connectivity index (χ2n) is 4.90. The minimum atomic E-state index is -0.0300. The second kappa shape index (κ2) is 5.26. The van der Waals surface area contributed by atoms with E-state index in [9.17, 15) is 9.59 Å². The van der Waals surface area contributed by atoms with Crippen LogP contribution in [0, 0.1) is 12.8 Å². The van der Waals surface area contributed by atoms with Gasteiger partial charge in [0.05, 0.1) is 0 Å². The number of benzene rings is 1. The lowest BCUT2D eigenvalue weighted by atomic mass is 9.83. The van der Waals surface area contributed by atoms with Crippen molar-refractivity contribution in [1.29, 1.82) is 0 Å². The molecule has 0 radical (unpaired) electrons. The van der Waals surface area contributed by atoms with Crippen LogP contribution in [0.15, 0.2) is 24.3 Å². The lowest BCUT2D eigenvalue weighted by Gasteiger charge is -2.19. The van der Waals surface area contributed by atoms with E-state index in [2.05, 4.69) is 0 Å². The molecule has 0 spiro atoms. The summed E-state index contributed by atoms with van der Waals surface area (Å²) in [6, 6.07) is 7.59. The van der Waals surface area contributed by atoms with Crippen molar-refractivity contribution in [3.05, 3.63) is 35.4 Å². The molecule has 0 aromatic heterocycles. The van der Waals surface area contributed by atoms with Crippen molar-refractivity contribution in [2.24, 2.45) is 5.92 Å². The average Bonchev–Trinajstić information content (AvgIpc) is 2.33. The fourth-order valence-corrected chi connectivity index (χ4v) is 2.35. The summed E-state index contributed by atoms with van der Waals surface area (Å²) in [5.41, 5.74) is 1.88. The average molecular weight is 230 g/mol. The Morgan fingerprint density at radius 2 is 1.94 bits per heavy atom. The van der Waals surface area contributed by atoms with Gasteiger partial charge in [0.15, 0.2) is 5.78 Å². The fourth-order valence-electron chi connectivity index (χ4n) is 2.35. The highest BCUT2D eigenvalue weighted by Gasteiger charge is 2.24. The minimum absolute atomic E-state index is 0.0300. The van der Waals surface area contributed by atoms with Crippen LogP contribution in [-0.4, -0.2) is 11.6 Å². The van der Waals surface area contributed by atoms with Gasteiger partial charge in [0.25, 0.3) is 0 Å². The Hall–Kier alpha value is -1.44. The van der Waals surface area contributed by atoms with Gasteiger partial charge in [0.1, 0.15) is 5.78 Å². The normalized spacial score (nSPS) is 20.3. The summed E-state index contributed by atoms with van der Waals surface area (Å²) < 4.78 is 0. The molecular weight excluding hydrogens is 212 g/mol. The van der Waals surface area contributed by atoms with Gasteiger partial charge in [-0.05, 0) is 19.8 Å². The zero-order chi connectivity index (χ0) is 12.3. The molecule has 1 saturated carbocycles. The largest absolute Gasteiger partial charge is 0.299 e. The van der Waals surface area contributed by atoms with E-state index in [1.54, 1.807) is 0 Å². The maximum Gasteiger partial charge on any atom is 0.163 e. The summed E-state index contributed by atoms with van der Waals surface area (Å²) in [4.78, 5) is 23.7. The third-order valence-electron chi connectivity index (χ3n) is 3.49. The van der Waals surface area contributed by atoms with E-state index >= 15 is 0 Å². The van der Waals surface area contributed by atoms with Gasteiger partial charge in [-0.15, -0.1) is 0 Å². The SMILES string of the molecule is Cc1ccc(C(=O)CC2CCCCC2=O)cc1. The van der Waals surface area contributed by atoms with Crippen LogP contribution in [0.3, 0.4) is 0 Å². The van der Waals surface area contributed by atoms with Crippen molar-refractivity contribution in [1.82, 2.24) is 0 Å². The smallest absolute Gasteiger partial charge is 0.163 e. The zero-order valence-electron chi connectivity index (χ0n) is 10.2. The van der Waals surface area contributed by atoms with Gasteiger partial charge in [-0.3, -0.25) is 9.59 Å². The number of ketones is 2. The summed E-state index contributed by atoms with van der Waals surface area (Å²) >= 11 is 0. The highest BCUT2D eigenvalue weighted by molar-refractivity contribution is 5.99. The van der Waals surface area contributed by atoms with Gasteiger partial charge in [0.2, 0.25) is 0 Å². The molecule has 1 fully saturated rings. The molecular formula is C15H18O2. The first kappa shape index (κ1) is 12.0. The number of rotatable bonds is 3. The maximum absolute atomic E-state index is 12.0. The molecule has 0 amide bonds. The highest BCUT2D eigenvalue weighted by atomic mass is 16.1. The molecule has 2 rings (SSSR count). The van der Waals surface area contributed by atoms with Crippen molar-refractivity contribution < 1.29 is 9.59 Å². The second-order valence-corrected chi connectivity index (χ2v) is 4.90. The Morgan fingerprint density at radius 1 is 1.24 bits per heavy atom. The van der Waals surface area contributed by atoms with Gasteiger partial charge in [-0.2, -0.15) is 0 Å². The summed E-state index contributed by atoms with van der Waals surface area (Å²) in [5, 5.41) is 0. The third kappa shape index (κ3) is 3.02. The van der Waals surface area contributed by atoms with Gasteiger partial charge in [-0.1, -0.05) is 36.2 Å².